The average molecular weight is 286 g/mol. The third kappa shape index (κ3) is 2.77. The number of rotatable bonds is 3. The first kappa shape index (κ1) is 14.4. The Labute approximate surface area is 124 Å². The molecule has 0 saturated carbocycles. The van der Waals surface area contributed by atoms with E-state index in [1.54, 1.807) is 6.07 Å². The number of hydrogen-bond donors (Lipinski definition) is 1. The number of benzene rings is 2. The van der Waals surface area contributed by atoms with Crippen molar-refractivity contribution < 1.29 is 0 Å². The largest absolute Gasteiger partial charge is 0.342 e. The van der Waals surface area contributed by atoms with Crippen LogP contribution < -0.4 is 10.6 Å². The van der Waals surface area contributed by atoms with Gasteiger partial charge in [-0.1, -0.05) is 29.8 Å². The van der Waals surface area contributed by atoms with Crippen molar-refractivity contribution in [3.8, 4) is 6.07 Å². The van der Waals surface area contributed by atoms with Gasteiger partial charge in [0.25, 0.3) is 0 Å². The first-order valence-electron chi connectivity index (χ1n) is 6.32. The second kappa shape index (κ2) is 5.96. The molecule has 20 heavy (non-hydrogen) atoms. The van der Waals surface area contributed by atoms with Crippen LogP contribution in [0.5, 0.6) is 0 Å². The number of anilines is 2. The second-order valence-electron chi connectivity index (χ2n) is 4.69. The summed E-state index contributed by atoms with van der Waals surface area (Å²) in [6.07, 6.45) is 0. The number of nitriles is 1. The van der Waals surface area contributed by atoms with E-state index >= 15 is 0 Å². The van der Waals surface area contributed by atoms with E-state index < -0.39 is 0 Å². The summed E-state index contributed by atoms with van der Waals surface area (Å²) in [5.74, 6) is 0. The van der Waals surface area contributed by atoms with Crippen LogP contribution in [-0.4, -0.2) is 7.05 Å². The first-order chi connectivity index (χ1) is 9.54. The van der Waals surface area contributed by atoms with Crippen LogP contribution in [0.2, 0.25) is 5.02 Å². The van der Waals surface area contributed by atoms with Gasteiger partial charge >= 0.3 is 0 Å². The van der Waals surface area contributed by atoms with E-state index in [1.165, 1.54) is 0 Å². The fraction of sp³-hybridized carbons (Fsp3) is 0.188. The molecule has 0 radical (unpaired) electrons. The van der Waals surface area contributed by atoms with Gasteiger partial charge < -0.3 is 10.6 Å². The monoisotopic (exact) mass is 285 g/mol. The van der Waals surface area contributed by atoms with Gasteiger partial charge in [0, 0.05) is 13.1 Å². The minimum atomic E-state index is -0.0572. The van der Waals surface area contributed by atoms with Gasteiger partial charge in [0.05, 0.1) is 22.0 Å². The van der Waals surface area contributed by atoms with Gasteiger partial charge in [-0.2, -0.15) is 5.26 Å². The maximum absolute atomic E-state index is 9.17. The van der Waals surface area contributed by atoms with Gasteiger partial charge in [0.1, 0.15) is 6.07 Å². The number of para-hydroxylation sites is 1. The Morgan fingerprint density at radius 2 is 1.90 bits per heavy atom. The van der Waals surface area contributed by atoms with Crippen molar-refractivity contribution in [3.05, 3.63) is 58.6 Å². The van der Waals surface area contributed by atoms with E-state index in [0.29, 0.717) is 10.6 Å². The highest BCUT2D eigenvalue weighted by molar-refractivity contribution is 6.33. The lowest BCUT2D eigenvalue weighted by Gasteiger charge is -2.22. The molecule has 0 unspecified atom stereocenters. The molecular weight excluding hydrogens is 270 g/mol. The zero-order chi connectivity index (χ0) is 14.7. The number of hydrogen-bond acceptors (Lipinski definition) is 3. The summed E-state index contributed by atoms with van der Waals surface area (Å²) in [5.41, 5.74) is 9.12. The lowest BCUT2D eigenvalue weighted by atomic mass is 10.1. The fourth-order valence-electron chi connectivity index (χ4n) is 2.07. The van der Waals surface area contributed by atoms with E-state index in [9.17, 15) is 5.26 Å². The van der Waals surface area contributed by atoms with Gasteiger partial charge in [-0.05, 0) is 36.8 Å². The van der Waals surface area contributed by atoms with E-state index in [0.717, 1.165) is 16.9 Å². The van der Waals surface area contributed by atoms with Crippen LogP contribution in [-0.2, 0) is 0 Å². The number of halogens is 1. The molecular formula is C16H16ClN3. The molecule has 0 amide bonds. The average Bonchev–Trinajstić information content (AvgIpc) is 2.46. The zero-order valence-electron chi connectivity index (χ0n) is 11.5. The standard InChI is InChI=1S/C16H16ClN3/c1-11(19)12-7-8-16(14(17)9-12)20(2)15-6-4-3-5-13(15)10-18/h3-9,11H,19H2,1-2H3/t11-/m0/s1. The minimum Gasteiger partial charge on any atom is -0.342 e. The molecule has 0 aromatic heterocycles. The Kier molecular flexibility index (Phi) is 4.29. The van der Waals surface area contributed by atoms with E-state index in [-0.39, 0.29) is 6.04 Å². The number of nitrogens with zero attached hydrogens (tertiary/aromatic N) is 2. The normalized spacial score (nSPS) is 11.8. The Hall–Kier alpha value is -2.02. The molecule has 0 aliphatic heterocycles. The molecule has 0 spiro atoms. The summed E-state index contributed by atoms with van der Waals surface area (Å²) < 4.78 is 0. The van der Waals surface area contributed by atoms with Gasteiger partial charge in [-0.15, -0.1) is 0 Å². The van der Waals surface area contributed by atoms with Crippen molar-refractivity contribution in [2.45, 2.75) is 13.0 Å². The van der Waals surface area contributed by atoms with Gasteiger partial charge in [0.15, 0.2) is 0 Å². The van der Waals surface area contributed by atoms with Gasteiger partial charge in [-0.3, -0.25) is 0 Å². The lowest BCUT2D eigenvalue weighted by molar-refractivity contribution is 0.818. The molecule has 1 atom stereocenters. The molecule has 4 heteroatoms. The van der Waals surface area contributed by atoms with Crippen molar-refractivity contribution in [3.63, 3.8) is 0 Å². The molecule has 0 heterocycles. The highest BCUT2D eigenvalue weighted by Gasteiger charge is 2.12. The fourth-order valence-corrected chi connectivity index (χ4v) is 2.38. The highest BCUT2D eigenvalue weighted by Crippen LogP contribution is 2.33. The quantitative estimate of drug-likeness (QED) is 0.927. The first-order valence-corrected chi connectivity index (χ1v) is 6.70. The molecule has 2 aromatic rings. The van der Waals surface area contributed by atoms with Crippen LogP contribution in [0.15, 0.2) is 42.5 Å². The molecule has 3 nitrogen and oxygen atoms in total. The molecule has 2 N–H and O–H groups in total. The summed E-state index contributed by atoms with van der Waals surface area (Å²) in [5, 5.41) is 9.79. The van der Waals surface area contributed by atoms with Crippen molar-refractivity contribution in [2.24, 2.45) is 5.73 Å². The predicted molar refractivity (Wildman–Crippen MR) is 83.3 cm³/mol. The van der Waals surface area contributed by atoms with Crippen LogP contribution in [0.4, 0.5) is 11.4 Å². The Bertz CT molecular complexity index is 659. The SMILES string of the molecule is C[C@H](N)c1ccc(N(C)c2ccccc2C#N)c(Cl)c1. The third-order valence-electron chi connectivity index (χ3n) is 3.24. The Morgan fingerprint density at radius 1 is 1.20 bits per heavy atom. The van der Waals surface area contributed by atoms with E-state index in [1.807, 2.05) is 55.3 Å². The zero-order valence-corrected chi connectivity index (χ0v) is 12.2. The van der Waals surface area contributed by atoms with Crippen LogP contribution in [0.1, 0.15) is 24.1 Å². The Morgan fingerprint density at radius 3 is 2.50 bits per heavy atom. The van der Waals surface area contributed by atoms with Crippen LogP contribution in [0, 0.1) is 11.3 Å². The van der Waals surface area contributed by atoms with Crippen LogP contribution in [0.25, 0.3) is 0 Å². The molecule has 2 rings (SSSR count). The molecule has 2 aromatic carbocycles. The Balaban J connectivity index is 2.44. The molecule has 0 bridgehead atoms. The lowest BCUT2D eigenvalue weighted by Crippen LogP contribution is -2.12. The molecule has 0 saturated heterocycles. The van der Waals surface area contributed by atoms with Crippen molar-refractivity contribution in [2.75, 3.05) is 11.9 Å². The van der Waals surface area contributed by atoms with E-state index in [4.69, 9.17) is 17.3 Å². The second-order valence-corrected chi connectivity index (χ2v) is 5.09. The van der Waals surface area contributed by atoms with Crippen LogP contribution >= 0.6 is 11.6 Å². The van der Waals surface area contributed by atoms with Crippen molar-refractivity contribution in [1.29, 1.82) is 5.26 Å². The maximum Gasteiger partial charge on any atom is 0.101 e. The molecule has 0 aliphatic rings. The third-order valence-corrected chi connectivity index (χ3v) is 3.55. The summed E-state index contributed by atoms with van der Waals surface area (Å²) >= 11 is 6.33. The molecule has 0 aliphatic carbocycles. The minimum absolute atomic E-state index is 0.0572. The predicted octanol–water partition coefficient (Wildman–Crippen LogP) is 4.00. The molecule has 102 valence electrons. The highest BCUT2D eigenvalue weighted by atomic mass is 35.5. The van der Waals surface area contributed by atoms with E-state index in [2.05, 4.69) is 6.07 Å². The van der Waals surface area contributed by atoms with Crippen LogP contribution in [0.3, 0.4) is 0 Å². The summed E-state index contributed by atoms with van der Waals surface area (Å²) in [7, 11) is 1.89. The molecule has 0 fully saturated rings. The summed E-state index contributed by atoms with van der Waals surface area (Å²) in [6, 6.07) is 15.3. The van der Waals surface area contributed by atoms with Gasteiger partial charge in [-0.25, -0.2) is 0 Å². The smallest absolute Gasteiger partial charge is 0.101 e. The maximum atomic E-state index is 9.17. The summed E-state index contributed by atoms with van der Waals surface area (Å²) in [6.45, 7) is 1.92. The van der Waals surface area contributed by atoms with Crippen molar-refractivity contribution in [1.82, 2.24) is 0 Å². The van der Waals surface area contributed by atoms with Crippen molar-refractivity contribution >= 4 is 23.0 Å². The topological polar surface area (TPSA) is 53.0 Å². The summed E-state index contributed by atoms with van der Waals surface area (Å²) in [4.78, 5) is 1.91. The van der Waals surface area contributed by atoms with Gasteiger partial charge in [0.2, 0.25) is 0 Å². The number of nitrogens with two attached hydrogens (primary N) is 1.